The molecule has 2 aromatic carbocycles. The van der Waals surface area contributed by atoms with Crippen molar-refractivity contribution in [2.45, 2.75) is 102 Å². The Morgan fingerprint density at radius 2 is 1.57 bits per heavy atom. The van der Waals surface area contributed by atoms with E-state index in [9.17, 15) is 55.5 Å². The Balaban J connectivity index is 1.47. The number of hydrogen-bond acceptors (Lipinski definition) is 9. The van der Waals surface area contributed by atoms with Crippen LogP contribution in [0, 0.1) is 17.6 Å². The molecule has 0 unspecified atom stereocenters. The van der Waals surface area contributed by atoms with Crippen LogP contribution in [0.2, 0.25) is 0 Å². The van der Waals surface area contributed by atoms with Crippen LogP contribution in [0.3, 0.4) is 0 Å². The summed E-state index contributed by atoms with van der Waals surface area (Å²) in [7, 11) is 1.37. The number of carbonyl (C=O) groups excluding carboxylic acids is 7. The maximum absolute atomic E-state index is 14.5. The molecule has 326 valence electrons. The van der Waals surface area contributed by atoms with Crippen LogP contribution >= 0.6 is 0 Å². The number of halogens is 5. The number of fused-ring (bicyclic) bond motifs is 2. The lowest BCUT2D eigenvalue weighted by molar-refractivity contribution is -0.274. The van der Waals surface area contributed by atoms with E-state index in [0.29, 0.717) is 12.5 Å². The van der Waals surface area contributed by atoms with Crippen LogP contribution in [-0.4, -0.2) is 125 Å². The number of urea groups is 1. The van der Waals surface area contributed by atoms with Crippen LogP contribution in [-0.2, 0) is 39.9 Å². The van der Waals surface area contributed by atoms with E-state index < -0.39 is 114 Å². The van der Waals surface area contributed by atoms with Gasteiger partial charge in [0, 0.05) is 38.3 Å². The molecule has 21 heteroatoms. The molecule has 3 aliphatic heterocycles. The first-order valence-corrected chi connectivity index (χ1v) is 19.2. The molecule has 0 saturated carbocycles. The highest BCUT2D eigenvalue weighted by atomic mass is 19.4. The van der Waals surface area contributed by atoms with Crippen molar-refractivity contribution in [3.63, 3.8) is 0 Å². The number of cyclic esters (lactones) is 1. The quantitative estimate of drug-likeness (QED) is 0.239. The van der Waals surface area contributed by atoms with Crippen molar-refractivity contribution < 1.29 is 65.0 Å². The standard InChI is InChI=1S/C39H46F5N7O9/c1-19-13-30-37(57)59-22(4)31(36(56)50-12-6-7-29(50)35(55)49(5)21(3)32(52)45-20(2)34(54)51(30)18-19)48-33(53)28(16-23-14-24(40)17-25(41)15-23)47-38(58)46-26-8-10-27(11-9-26)60-39(42,43)44/h8-11,14-15,17,19-22,28-31H,6-7,12-13,16,18H2,1-5H3,(H,45,52)(H,48,53)(H2,46,47,58)/t19-,20+,21+,22+,28+,29+,30+,31+/m1/s1. The van der Waals surface area contributed by atoms with Gasteiger partial charge in [-0.05, 0) is 87.9 Å². The highest BCUT2D eigenvalue weighted by Crippen LogP contribution is 2.28. The van der Waals surface area contributed by atoms with Gasteiger partial charge in [0.05, 0.1) is 0 Å². The fourth-order valence-electron chi connectivity index (χ4n) is 7.43. The third kappa shape index (κ3) is 11.0. The summed E-state index contributed by atoms with van der Waals surface area (Å²) in [5.41, 5.74) is -0.151. The Morgan fingerprint density at radius 1 is 0.917 bits per heavy atom. The largest absolute Gasteiger partial charge is 0.573 e. The van der Waals surface area contributed by atoms with Crippen molar-refractivity contribution in [2.24, 2.45) is 5.92 Å². The predicted molar refractivity (Wildman–Crippen MR) is 200 cm³/mol. The fourth-order valence-corrected chi connectivity index (χ4v) is 7.43. The molecule has 3 fully saturated rings. The molecule has 8 atom stereocenters. The summed E-state index contributed by atoms with van der Waals surface area (Å²) in [6, 6.07) is -2.63. The molecule has 0 aliphatic carbocycles. The molecular weight excluding hydrogens is 805 g/mol. The maximum Gasteiger partial charge on any atom is 0.573 e. The number of nitrogens with one attached hydrogen (secondary N) is 4. The third-order valence-electron chi connectivity index (χ3n) is 10.6. The molecule has 60 heavy (non-hydrogen) atoms. The molecule has 3 heterocycles. The van der Waals surface area contributed by atoms with Crippen molar-refractivity contribution in [1.82, 2.24) is 30.7 Å². The minimum absolute atomic E-state index is 0.0234. The number of nitrogens with zero attached hydrogens (tertiary/aromatic N) is 3. The number of anilines is 1. The van der Waals surface area contributed by atoms with Gasteiger partial charge in [-0.1, -0.05) is 6.92 Å². The number of ether oxygens (including phenoxy) is 2. The number of benzene rings is 2. The van der Waals surface area contributed by atoms with Crippen molar-refractivity contribution in [1.29, 1.82) is 0 Å². The summed E-state index contributed by atoms with van der Waals surface area (Å²) in [6.45, 7) is 6.16. The lowest BCUT2D eigenvalue weighted by atomic mass is 10.0. The monoisotopic (exact) mass is 851 g/mol. The Hall–Kier alpha value is -6.02. The second-order valence-electron chi connectivity index (χ2n) is 15.2. The minimum atomic E-state index is -4.98. The Kier molecular flexibility index (Phi) is 13.9. The molecule has 3 aliphatic rings. The smallest absolute Gasteiger partial charge is 0.458 e. The van der Waals surface area contributed by atoms with Gasteiger partial charge < -0.3 is 45.4 Å². The number of carbonyl (C=O) groups is 7. The van der Waals surface area contributed by atoms with Gasteiger partial charge in [0.15, 0.2) is 0 Å². The van der Waals surface area contributed by atoms with Gasteiger partial charge in [0.2, 0.25) is 29.5 Å². The molecule has 0 radical (unpaired) electrons. The SMILES string of the molecule is C[C@@H]1C[C@H]2C(=O)O[C@@H](C)[C@H](NC(=O)[C@H](Cc3cc(F)cc(F)c3)NC(=O)Nc3ccc(OC(F)(F)F)cc3)C(=O)N3CCC[C@H]3C(=O)N(C)[C@@H](C)C(=O)N[C@@H](C)C(=O)N2C1. The van der Waals surface area contributed by atoms with Crippen molar-refractivity contribution in [3.8, 4) is 5.75 Å². The second kappa shape index (κ2) is 18.5. The number of esters is 1. The van der Waals surface area contributed by atoms with Gasteiger partial charge in [-0.2, -0.15) is 0 Å². The first-order chi connectivity index (χ1) is 28.1. The van der Waals surface area contributed by atoms with E-state index >= 15 is 0 Å². The summed E-state index contributed by atoms with van der Waals surface area (Å²) in [6.07, 6.45) is -6.33. The normalized spacial score (nSPS) is 26.1. The summed E-state index contributed by atoms with van der Waals surface area (Å²) < 4.78 is 76.1. The van der Waals surface area contributed by atoms with Crippen LogP contribution < -0.4 is 26.0 Å². The summed E-state index contributed by atoms with van der Waals surface area (Å²) in [5.74, 6) is -7.55. The second-order valence-corrected chi connectivity index (χ2v) is 15.2. The van der Waals surface area contributed by atoms with E-state index in [-0.39, 0.29) is 43.1 Å². The van der Waals surface area contributed by atoms with E-state index in [1.165, 1.54) is 37.6 Å². The average molecular weight is 852 g/mol. The molecule has 16 nitrogen and oxygen atoms in total. The molecule has 7 amide bonds. The molecule has 3 saturated heterocycles. The van der Waals surface area contributed by atoms with E-state index in [1.54, 1.807) is 6.92 Å². The number of hydrogen-bond donors (Lipinski definition) is 4. The maximum atomic E-state index is 14.5. The first kappa shape index (κ1) is 45.1. The van der Waals surface area contributed by atoms with E-state index in [0.717, 1.165) is 41.3 Å². The van der Waals surface area contributed by atoms with E-state index in [4.69, 9.17) is 4.74 Å². The predicted octanol–water partition coefficient (Wildman–Crippen LogP) is 2.61. The number of likely N-dealkylation sites (N-methyl/N-ethyl adjacent to an activating group) is 1. The average Bonchev–Trinajstić information content (AvgIpc) is 3.82. The van der Waals surface area contributed by atoms with E-state index in [1.807, 2.05) is 0 Å². The van der Waals surface area contributed by atoms with Gasteiger partial charge >= 0.3 is 18.4 Å². The summed E-state index contributed by atoms with van der Waals surface area (Å²) in [5, 5.41) is 9.79. The summed E-state index contributed by atoms with van der Waals surface area (Å²) >= 11 is 0. The molecule has 5 rings (SSSR count). The van der Waals surface area contributed by atoms with Gasteiger partial charge in [0.1, 0.15) is 59.7 Å². The number of alkyl halides is 3. The van der Waals surface area contributed by atoms with Crippen LogP contribution in [0.25, 0.3) is 0 Å². The topological polar surface area (TPSA) is 196 Å². The lowest BCUT2D eigenvalue weighted by Crippen LogP contribution is -2.62. The first-order valence-electron chi connectivity index (χ1n) is 19.2. The van der Waals surface area contributed by atoms with Crippen LogP contribution in [0.1, 0.15) is 52.5 Å². The van der Waals surface area contributed by atoms with Crippen molar-refractivity contribution in [3.05, 3.63) is 59.7 Å². The molecule has 0 bridgehead atoms. The van der Waals surface area contributed by atoms with E-state index in [2.05, 4.69) is 26.0 Å². The zero-order valence-corrected chi connectivity index (χ0v) is 33.3. The minimum Gasteiger partial charge on any atom is -0.458 e. The zero-order chi connectivity index (χ0) is 44.2. The van der Waals surface area contributed by atoms with Crippen molar-refractivity contribution >= 4 is 47.2 Å². The molecule has 2 aromatic rings. The number of rotatable bonds is 7. The van der Waals surface area contributed by atoms with Gasteiger partial charge in [-0.15, -0.1) is 13.2 Å². The Labute approximate surface area is 341 Å². The molecule has 4 N–H and O–H groups in total. The highest BCUT2D eigenvalue weighted by Gasteiger charge is 2.46. The van der Waals surface area contributed by atoms with Gasteiger partial charge in [0.25, 0.3) is 0 Å². The van der Waals surface area contributed by atoms with Crippen molar-refractivity contribution in [2.75, 3.05) is 25.5 Å². The number of amides is 7. The fraction of sp³-hybridized carbons (Fsp3) is 0.513. The Bertz CT molecular complexity index is 1970. The zero-order valence-electron chi connectivity index (χ0n) is 33.3. The molecular formula is C39H46F5N7O9. The highest BCUT2D eigenvalue weighted by molar-refractivity contribution is 5.98. The summed E-state index contributed by atoms with van der Waals surface area (Å²) in [4.78, 5) is 100. The van der Waals surface area contributed by atoms with Crippen LogP contribution in [0.15, 0.2) is 42.5 Å². The van der Waals surface area contributed by atoms with Gasteiger partial charge in [-0.3, -0.25) is 24.0 Å². The van der Waals surface area contributed by atoms with Gasteiger partial charge in [-0.25, -0.2) is 18.4 Å². The molecule has 0 aromatic heterocycles. The van der Waals surface area contributed by atoms with Crippen LogP contribution in [0.4, 0.5) is 32.4 Å². The van der Waals surface area contributed by atoms with Crippen LogP contribution in [0.5, 0.6) is 5.75 Å². The molecule has 0 spiro atoms. The lowest BCUT2D eigenvalue weighted by Gasteiger charge is -2.36. The third-order valence-corrected chi connectivity index (χ3v) is 10.6. The Morgan fingerprint density at radius 3 is 2.20 bits per heavy atom.